The monoisotopic (exact) mass is 202 g/mol. The van der Waals surface area contributed by atoms with Crippen LogP contribution in [0.5, 0.6) is 0 Å². The molecule has 0 fully saturated rings. The number of unbranched alkanes of at least 4 members (excludes halogenated alkanes) is 3. The van der Waals surface area contributed by atoms with Crippen LogP contribution in [-0.2, 0) is 4.74 Å². The molecule has 0 saturated heterocycles. The van der Waals surface area contributed by atoms with Gasteiger partial charge in [0.2, 0.25) is 0 Å². The molecule has 0 amide bonds. The molecule has 0 atom stereocenters. The Bertz CT molecular complexity index is 87.3. The first-order valence-corrected chi connectivity index (χ1v) is 5.78. The molecule has 86 valence electrons. The molecule has 0 aliphatic rings. The minimum absolute atomic E-state index is 0.924. The largest absolute Gasteiger partial charge is 0.381 e. The van der Waals surface area contributed by atoms with Crippen molar-refractivity contribution in [3.8, 4) is 0 Å². The number of nitrogens with one attached hydrogen (secondary N) is 2. The minimum Gasteiger partial charge on any atom is -0.381 e. The van der Waals surface area contributed by atoms with Crippen LogP contribution in [0.25, 0.3) is 0 Å². The average Bonchev–Trinajstić information content (AvgIpc) is 2.21. The van der Waals surface area contributed by atoms with Gasteiger partial charge in [0.05, 0.1) is 0 Å². The Kier molecular flexibility index (Phi) is 12.8. The second kappa shape index (κ2) is 12.9. The van der Waals surface area contributed by atoms with E-state index in [1.165, 1.54) is 32.1 Å². The van der Waals surface area contributed by atoms with Crippen LogP contribution in [0, 0.1) is 0 Å². The Balaban J connectivity index is 2.78. The van der Waals surface area contributed by atoms with Gasteiger partial charge in [0, 0.05) is 13.2 Å². The number of rotatable bonds is 11. The Morgan fingerprint density at radius 2 is 1.21 bits per heavy atom. The van der Waals surface area contributed by atoms with Gasteiger partial charge in [0.1, 0.15) is 0 Å². The molecule has 0 unspecified atom stereocenters. The fraction of sp³-hybridized carbons (Fsp3) is 1.00. The molecule has 14 heavy (non-hydrogen) atoms. The highest BCUT2D eigenvalue weighted by Gasteiger charge is 1.90. The lowest BCUT2D eigenvalue weighted by Gasteiger charge is -2.04. The highest BCUT2D eigenvalue weighted by atomic mass is 16.5. The van der Waals surface area contributed by atoms with Crippen molar-refractivity contribution < 1.29 is 4.74 Å². The summed E-state index contributed by atoms with van der Waals surface area (Å²) in [5.41, 5.74) is 0. The number of hydrogen-bond acceptors (Lipinski definition) is 3. The van der Waals surface area contributed by atoms with Gasteiger partial charge in [-0.2, -0.15) is 0 Å². The highest BCUT2D eigenvalue weighted by Crippen LogP contribution is 1.96. The van der Waals surface area contributed by atoms with E-state index in [0.717, 1.165) is 26.3 Å². The molecule has 0 aromatic rings. The maximum atomic E-state index is 5.51. The van der Waals surface area contributed by atoms with E-state index in [4.69, 9.17) is 4.74 Å². The molecule has 3 heteroatoms. The number of ether oxygens (including phenoxy) is 1. The van der Waals surface area contributed by atoms with E-state index in [0.29, 0.717) is 0 Å². The molecule has 3 nitrogen and oxygen atoms in total. The molecule has 0 spiro atoms. The van der Waals surface area contributed by atoms with Crippen molar-refractivity contribution in [2.75, 3.05) is 40.4 Å². The first kappa shape index (κ1) is 13.9. The summed E-state index contributed by atoms with van der Waals surface area (Å²) in [5, 5.41) is 6.28. The first-order chi connectivity index (χ1) is 6.91. The second-order valence-corrected chi connectivity index (χ2v) is 3.59. The second-order valence-electron chi connectivity index (χ2n) is 3.59. The summed E-state index contributed by atoms with van der Waals surface area (Å²) in [6.07, 6.45) is 6.14. The fourth-order valence-corrected chi connectivity index (χ4v) is 1.29. The third-order valence-corrected chi connectivity index (χ3v) is 2.18. The molecule has 0 aromatic carbocycles. The highest BCUT2D eigenvalue weighted by molar-refractivity contribution is 4.45. The zero-order chi connectivity index (χ0) is 10.5. The quantitative estimate of drug-likeness (QED) is 0.497. The lowest BCUT2D eigenvalue weighted by Crippen LogP contribution is -2.09. The Morgan fingerprint density at radius 1 is 0.714 bits per heavy atom. The van der Waals surface area contributed by atoms with Crippen molar-refractivity contribution in [2.24, 2.45) is 0 Å². The van der Waals surface area contributed by atoms with Crippen LogP contribution in [0.1, 0.15) is 32.1 Å². The van der Waals surface area contributed by atoms with Gasteiger partial charge in [-0.1, -0.05) is 0 Å². The van der Waals surface area contributed by atoms with Gasteiger partial charge in [0.15, 0.2) is 0 Å². The predicted molar refractivity (Wildman–Crippen MR) is 61.8 cm³/mol. The van der Waals surface area contributed by atoms with E-state index in [1.807, 2.05) is 14.1 Å². The van der Waals surface area contributed by atoms with E-state index in [2.05, 4.69) is 10.6 Å². The Hall–Kier alpha value is -0.120. The van der Waals surface area contributed by atoms with Gasteiger partial charge >= 0.3 is 0 Å². The van der Waals surface area contributed by atoms with Crippen molar-refractivity contribution in [3.05, 3.63) is 0 Å². The maximum Gasteiger partial charge on any atom is 0.0466 e. The molecule has 2 N–H and O–H groups in total. The summed E-state index contributed by atoms with van der Waals surface area (Å²) in [7, 11) is 3.99. The minimum atomic E-state index is 0.924. The first-order valence-electron chi connectivity index (χ1n) is 5.78. The van der Waals surface area contributed by atoms with Crippen LogP contribution in [0.15, 0.2) is 0 Å². The van der Waals surface area contributed by atoms with Crippen molar-refractivity contribution in [3.63, 3.8) is 0 Å². The summed E-state index contributed by atoms with van der Waals surface area (Å²) in [6.45, 7) is 4.09. The van der Waals surface area contributed by atoms with E-state index < -0.39 is 0 Å². The van der Waals surface area contributed by atoms with Gasteiger partial charge in [0.25, 0.3) is 0 Å². The van der Waals surface area contributed by atoms with Gasteiger partial charge in [-0.15, -0.1) is 0 Å². The molecule has 0 heterocycles. The SMILES string of the molecule is CNCCCCCOCCCCNC. The standard InChI is InChI=1S/C11H26N2O/c1-12-8-4-3-6-10-14-11-7-5-9-13-2/h12-13H,3-11H2,1-2H3. The molecule has 0 aromatic heterocycles. The summed E-state index contributed by atoms with van der Waals surface area (Å²) in [4.78, 5) is 0. The van der Waals surface area contributed by atoms with Crippen LogP contribution in [0.2, 0.25) is 0 Å². The van der Waals surface area contributed by atoms with E-state index >= 15 is 0 Å². The Morgan fingerprint density at radius 3 is 1.79 bits per heavy atom. The molecule has 0 radical (unpaired) electrons. The lowest BCUT2D eigenvalue weighted by atomic mass is 10.2. The molecular formula is C11H26N2O. The summed E-state index contributed by atoms with van der Waals surface area (Å²) >= 11 is 0. The molecule has 0 aliphatic heterocycles. The smallest absolute Gasteiger partial charge is 0.0466 e. The van der Waals surface area contributed by atoms with Gasteiger partial charge in [-0.05, 0) is 59.3 Å². The summed E-state index contributed by atoms with van der Waals surface area (Å²) in [5.74, 6) is 0. The third-order valence-electron chi connectivity index (χ3n) is 2.18. The van der Waals surface area contributed by atoms with Gasteiger partial charge in [-0.3, -0.25) is 0 Å². The van der Waals surface area contributed by atoms with E-state index in [9.17, 15) is 0 Å². The maximum absolute atomic E-state index is 5.51. The van der Waals surface area contributed by atoms with Gasteiger partial charge in [-0.25, -0.2) is 0 Å². The van der Waals surface area contributed by atoms with Crippen LogP contribution in [0.4, 0.5) is 0 Å². The van der Waals surface area contributed by atoms with Crippen molar-refractivity contribution in [2.45, 2.75) is 32.1 Å². The fourth-order valence-electron chi connectivity index (χ4n) is 1.29. The molecule has 0 rings (SSSR count). The average molecular weight is 202 g/mol. The zero-order valence-electron chi connectivity index (χ0n) is 9.77. The van der Waals surface area contributed by atoms with Crippen molar-refractivity contribution in [1.82, 2.24) is 10.6 Å². The summed E-state index contributed by atoms with van der Waals surface area (Å²) in [6, 6.07) is 0. The van der Waals surface area contributed by atoms with E-state index in [-0.39, 0.29) is 0 Å². The van der Waals surface area contributed by atoms with Crippen molar-refractivity contribution >= 4 is 0 Å². The zero-order valence-corrected chi connectivity index (χ0v) is 9.77. The van der Waals surface area contributed by atoms with Crippen LogP contribution < -0.4 is 10.6 Å². The normalized spacial score (nSPS) is 10.7. The molecular weight excluding hydrogens is 176 g/mol. The third kappa shape index (κ3) is 11.9. The summed E-state index contributed by atoms with van der Waals surface area (Å²) < 4.78 is 5.51. The topological polar surface area (TPSA) is 33.3 Å². The number of hydrogen-bond donors (Lipinski definition) is 2. The van der Waals surface area contributed by atoms with Crippen LogP contribution >= 0.6 is 0 Å². The molecule has 0 bridgehead atoms. The predicted octanol–water partition coefficient (Wildman–Crippen LogP) is 1.39. The van der Waals surface area contributed by atoms with Crippen LogP contribution in [-0.4, -0.2) is 40.4 Å². The van der Waals surface area contributed by atoms with Crippen LogP contribution in [0.3, 0.4) is 0 Å². The Labute approximate surface area is 88.6 Å². The molecule has 0 aliphatic carbocycles. The van der Waals surface area contributed by atoms with Crippen molar-refractivity contribution in [1.29, 1.82) is 0 Å². The molecule has 0 saturated carbocycles. The van der Waals surface area contributed by atoms with E-state index in [1.54, 1.807) is 0 Å². The lowest BCUT2D eigenvalue weighted by molar-refractivity contribution is 0.126. The van der Waals surface area contributed by atoms with Gasteiger partial charge < -0.3 is 15.4 Å².